The van der Waals surface area contributed by atoms with Crippen LogP contribution in [0, 0.1) is 25.7 Å². The first kappa shape index (κ1) is 37.0. The summed E-state index contributed by atoms with van der Waals surface area (Å²) in [5.41, 5.74) is 1.95. The number of carbonyl (C=O) groups is 4. The number of esters is 1. The predicted molar refractivity (Wildman–Crippen MR) is 191 cm³/mol. The van der Waals surface area contributed by atoms with Crippen LogP contribution < -0.4 is 4.90 Å². The van der Waals surface area contributed by atoms with Gasteiger partial charge in [0.2, 0.25) is 11.8 Å². The molecule has 3 heterocycles. The van der Waals surface area contributed by atoms with Crippen molar-refractivity contribution in [1.82, 2.24) is 9.80 Å². The fraction of sp³-hybridized carbons (Fsp3) is 0.500. The van der Waals surface area contributed by atoms with E-state index in [0.29, 0.717) is 31.2 Å². The number of likely N-dealkylation sites (N-methyl/N-ethyl adjacent to an activating group) is 1. The highest BCUT2D eigenvalue weighted by Crippen LogP contribution is 2.59. The molecule has 1 N–H and O–H groups in total. The molecule has 3 aliphatic rings. The quantitative estimate of drug-likeness (QED) is 0.206. The molecule has 8 atom stereocenters. The molecule has 0 aliphatic carbocycles. The second-order valence-corrected chi connectivity index (χ2v) is 13.9. The van der Waals surface area contributed by atoms with Gasteiger partial charge in [-0.2, -0.15) is 0 Å². The number of anilines is 1. The average Bonchev–Trinajstić information content (AvgIpc) is 3.76. The monoisotopic (exact) mass is 685 g/mol. The number of hydrogen-bond donors (Lipinski definition) is 1. The van der Waals surface area contributed by atoms with Crippen LogP contribution in [0.5, 0.6) is 0 Å². The lowest BCUT2D eigenvalue weighted by atomic mass is 9.70. The maximum absolute atomic E-state index is 15.0. The van der Waals surface area contributed by atoms with Crippen molar-refractivity contribution in [2.75, 3.05) is 25.1 Å². The Morgan fingerprint density at radius 1 is 1.10 bits per heavy atom. The molecule has 0 unspecified atom stereocenters. The minimum atomic E-state index is -1.29. The minimum Gasteiger partial charge on any atom is -0.455 e. The summed E-state index contributed by atoms with van der Waals surface area (Å²) in [5.74, 6) is -3.40. The van der Waals surface area contributed by atoms with Crippen molar-refractivity contribution in [2.45, 2.75) is 95.7 Å². The lowest BCUT2D eigenvalue weighted by Crippen LogP contribution is -2.59. The molecule has 0 saturated carbocycles. The summed E-state index contributed by atoms with van der Waals surface area (Å²) in [6, 6.07) is 12.8. The second kappa shape index (κ2) is 15.3. The Balaban J connectivity index is 1.53. The highest BCUT2D eigenvalue weighted by atomic mass is 16.6. The number of aliphatic hydroxyl groups is 1. The molecule has 3 amide bonds. The predicted octanol–water partition coefficient (Wildman–Crippen LogP) is 5.07. The van der Waals surface area contributed by atoms with E-state index < -0.39 is 59.6 Å². The Morgan fingerprint density at radius 2 is 1.78 bits per heavy atom. The molecule has 3 aliphatic heterocycles. The molecule has 2 aromatic carbocycles. The van der Waals surface area contributed by atoms with Gasteiger partial charge in [0, 0.05) is 25.7 Å². The summed E-state index contributed by atoms with van der Waals surface area (Å²) in [6.45, 7) is 15.0. The van der Waals surface area contributed by atoms with E-state index in [0.717, 1.165) is 16.8 Å². The number of amides is 3. The molecule has 268 valence electrons. The average molecular weight is 686 g/mol. The molecule has 50 heavy (non-hydrogen) atoms. The molecule has 1 spiro atoms. The van der Waals surface area contributed by atoms with Crippen LogP contribution in [-0.2, 0) is 28.7 Å². The van der Waals surface area contributed by atoms with Crippen molar-refractivity contribution >= 4 is 29.4 Å². The number of aliphatic hydroxyl groups excluding tert-OH is 1. The molecule has 0 aromatic heterocycles. The SMILES string of the molecule is C=CCCC(=O)N(C)[C@H](C)[C@H](OC(=O)[C@@H]1[C@@H]2CC[C@]3(O2)[C@H](C(=O)N(CC=C)c2c(C)cccc2C)N([C@@H](CC)CO)C(=O)[C@@H]13)c1ccccc1. The third-order valence-electron chi connectivity index (χ3n) is 11.0. The second-order valence-electron chi connectivity index (χ2n) is 13.9. The number of fused-ring (bicyclic) bond motifs is 1. The fourth-order valence-electron chi connectivity index (χ4n) is 8.37. The Labute approximate surface area is 295 Å². The molecule has 10 nitrogen and oxygen atoms in total. The summed E-state index contributed by atoms with van der Waals surface area (Å²) in [7, 11) is 1.69. The number of hydrogen-bond acceptors (Lipinski definition) is 7. The first-order valence-electron chi connectivity index (χ1n) is 17.7. The molecule has 3 fully saturated rings. The maximum Gasteiger partial charge on any atom is 0.313 e. The molecular formula is C40H51N3O7. The van der Waals surface area contributed by atoms with Crippen molar-refractivity contribution in [2.24, 2.45) is 11.8 Å². The minimum absolute atomic E-state index is 0.109. The van der Waals surface area contributed by atoms with Gasteiger partial charge in [0.15, 0.2) is 0 Å². The number of para-hydroxylation sites is 1. The van der Waals surface area contributed by atoms with Crippen LogP contribution in [0.1, 0.15) is 68.7 Å². The van der Waals surface area contributed by atoms with Crippen LogP contribution in [0.4, 0.5) is 5.69 Å². The van der Waals surface area contributed by atoms with E-state index in [4.69, 9.17) is 9.47 Å². The van der Waals surface area contributed by atoms with Gasteiger partial charge in [0.1, 0.15) is 17.7 Å². The van der Waals surface area contributed by atoms with E-state index in [1.54, 1.807) is 29.0 Å². The normalized spacial score (nSPS) is 25.4. The molecule has 0 radical (unpaired) electrons. The van der Waals surface area contributed by atoms with E-state index >= 15 is 0 Å². The Kier molecular flexibility index (Phi) is 11.3. The lowest BCUT2D eigenvalue weighted by molar-refractivity contribution is -0.165. The highest BCUT2D eigenvalue weighted by Gasteiger charge is 2.75. The molecular weight excluding hydrogens is 634 g/mol. The number of ether oxygens (including phenoxy) is 2. The summed E-state index contributed by atoms with van der Waals surface area (Å²) in [5, 5.41) is 10.5. The number of carbonyl (C=O) groups excluding carboxylic acids is 4. The number of rotatable bonds is 15. The Hall–Kier alpha value is -4.28. The Bertz CT molecular complexity index is 1590. The van der Waals surface area contributed by atoms with E-state index in [1.165, 1.54) is 4.90 Å². The zero-order chi connectivity index (χ0) is 36.3. The highest BCUT2D eigenvalue weighted by molar-refractivity contribution is 6.05. The van der Waals surface area contributed by atoms with Crippen LogP contribution in [0.15, 0.2) is 73.8 Å². The zero-order valence-electron chi connectivity index (χ0n) is 29.9. The Morgan fingerprint density at radius 3 is 2.38 bits per heavy atom. The molecule has 3 saturated heterocycles. The van der Waals surface area contributed by atoms with E-state index in [9.17, 15) is 24.3 Å². The summed E-state index contributed by atoms with van der Waals surface area (Å²) >= 11 is 0. The largest absolute Gasteiger partial charge is 0.455 e. The van der Waals surface area contributed by atoms with Crippen molar-refractivity contribution in [3.05, 3.63) is 90.5 Å². The van der Waals surface area contributed by atoms with Gasteiger partial charge in [0.25, 0.3) is 5.91 Å². The standard InChI is InChI=1S/C40H51N3O7/c1-8-11-20-31(45)41(7)27(6)35(28-18-13-12-14-19-28)49-39(48)32-30-21-22-40(50-30)33(32)37(46)43(29(10-3)24-44)36(40)38(47)42(23-9-2)34-25(4)16-15-17-26(34)5/h8-9,12-19,27,29-30,32-33,35-36,44H,1-2,10-11,20-24H2,3-7H3/t27-,29+,30+,32-,33-,35+,36+,40-/m1/s1. The third kappa shape index (κ3) is 6.39. The number of aryl methyl sites for hydroxylation is 2. The lowest BCUT2D eigenvalue weighted by Gasteiger charge is -2.39. The van der Waals surface area contributed by atoms with Gasteiger partial charge in [-0.05, 0) is 63.1 Å². The van der Waals surface area contributed by atoms with Crippen LogP contribution in [0.2, 0.25) is 0 Å². The molecule has 5 rings (SSSR count). The van der Waals surface area contributed by atoms with Gasteiger partial charge in [-0.3, -0.25) is 19.2 Å². The van der Waals surface area contributed by atoms with Gasteiger partial charge in [0.05, 0.1) is 36.6 Å². The van der Waals surface area contributed by atoms with Crippen molar-refractivity contribution in [1.29, 1.82) is 0 Å². The van der Waals surface area contributed by atoms with Gasteiger partial charge in [-0.25, -0.2) is 0 Å². The van der Waals surface area contributed by atoms with Crippen LogP contribution in [0.25, 0.3) is 0 Å². The number of benzene rings is 2. The van der Waals surface area contributed by atoms with Crippen molar-refractivity contribution in [3.63, 3.8) is 0 Å². The maximum atomic E-state index is 15.0. The summed E-state index contributed by atoms with van der Waals surface area (Å²) in [6.07, 6.45) is 3.96. The van der Waals surface area contributed by atoms with E-state index in [-0.39, 0.29) is 31.4 Å². The topological polar surface area (TPSA) is 117 Å². The zero-order valence-corrected chi connectivity index (χ0v) is 29.9. The van der Waals surface area contributed by atoms with E-state index in [1.807, 2.05) is 76.2 Å². The van der Waals surface area contributed by atoms with Crippen LogP contribution in [0.3, 0.4) is 0 Å². The molecule has 10 heteroatoms. The van der Waals surface area contributed by atoms with Gasteiger partial charge < -0.3 is 29.3 Å². The van der Waals surface area contributed by atoms with Crippen LogP contribution >= 0.6 is 0 Å². The first-order valence-corrected chi connectivity index (χ1v) is 17.7. The van der Waals surface area contributed by atoms with Crippen LogP contribution in [-0.4, -0.2) is 88.6 Å². The van der Waals surface area contributed by atoms with Gasteiger partial charge in [-0.1, -0.05) is 67.6 Å². The summed E-state index contributed by atoms with van der Waals surface area (Å²) in [4.78, 5) is 61.8. The smallest absolute Gasteiger partial charge is 0.313 e. The first-order chi connectivity index (χ1) is 24.0. The summed E-state index contributed by atoms with van der Waals surface area (Å²) < 4.78 is 13.0. The van der Waals surface area contributed by atoms with Gasteiger partial charge in [-0.15, -0.1) is 13.2 Å². The molecule has 2 aromatic rings. The van der Waals surface area contributed by atoms with E-state index in [2.05, 4.69) is 13.2 Å². The fourth-order valence-corrected chi connectivity index (χ4v) is 8.37. The molecule has 2 bridgehead atoms. The number of allylic oxidation sites excluding steroid dienone is 1. The van der Waals surface area contributed by atoms with Crippen molar-refractivity contribution in [3.8, 4) is 0 Å². The van der Waals surface area contributed by atoms with Gasteiger partial charge >= 0.3 is 5.97 Å². The van der Waals surface area contributed by atoms with Crippen molar-refractivity contribution < 1.29 is 33.8 Å². The number of nitrogens with zero attached hydrogens (tertiary/aromatic N) is 3. The number of likely N-dealkylation sites (tertiary alicyclic amines) is 1. The third-order valence-corrected chi connectivity index (χ3v) is 11.0.